The first kappa shape index (κ1) is 20.1. The van der Waals surface area contributed by atoms with Gasteiger partial charge in [0.05, 0.1) is 0 Å². The molecule has 31 heavy (non-hydrogen) atoms. The Hall–Kier alpha value is -1.49. The number of allylic oxidation sites excluding steroid dienone is 1. The Kier molecular flexibility index (Phi) is 5.28. The summed E-state index contributed by atoms with van der Waals surface area (Å²) in [5, 5.41) is 3.60. The van der Waals surface area contributed by atoms with Crippen LogP contribution in [0.5, 0.6) is 0 Å². The molecular weight excluding hydrogens is 491 g/mol. The van der Waals surface area contributed by atoms with Gasteiger partial charge in [-0.15, -0.1) is 0 Å². The van der Waals surface area contributed by atoms with Crippen LogP contribution >= 0.6 is 0 Å². The average molecular weight is 525 g/mol. The first-order chi connectivity index (χ1) is 15.3. The number of halogens is 1. The van der Waals surface area contributed by atoms with Crippen molar-refractivity contribution in [2.75, 3.05) is 15.9 Å². The van der Waals surface area contributed by atoms with E-state index in [2.05, 4.69) is 28.5 Å². The minimum atomic E-state index is -0.211. The van der Waals surface area contributed by atoms with Crippen LogP contribution in [0.1, 0.15) is 75.8 Å². The van der Waals surface area contributed by atoms with Crippen LogP contribution in [0.4, 0.5) is 11.4 Å². The van der Waals surface area contributed by atoms with E-state index in [4.69, 9.17) is 0 Å². The van der Waals surface area contributed by atoms with Crippen molar-refractivity contribution in [1.29, 1.82) is 0 Å². The molecule has 2 nitrogen and oxygen atoms in total. The second-order valence-corrected chi connectivity index (χ2v) is 11.9. The van der Waals surface area contributed by atoms with Crippen molar-refractivity contribution in [2.24, 2.45) is 0 Å². The maximum atomic E-state index is 4.19. The van der Waals surface area contributed by atoms with Gasteiger partial charge >= 0.3 is 199 Å². The van der Waals surface area contributed by atoms with Gasteiger partial charge in [-0.05, 0) is 0 Å². The second-order valence-electron chi connectivity index (χ2n) is 9.72. The number of rotatable bonds is 6. The molecule has 0 unspecified atom stereocenters. The molecule has 164 valence electrons. The van der Waals surface area contributed by atoms with Crippen molar-refractivity contribution in [1.82, 2.24) is 0 Å². The van der Waals surface area contributed by atoms with Crippen LogP contribution in [0.15, 0.2) is 12.7 Å². The molecule has 0 atom stereocenters. The standard InChI is InChI=1S/C28H34IN2/c1-3-8-17-18-9-4-13-22(18)28(23-14-5-10-19(17)23)31-29-26-20-11-6-15-24(20)27(30-2)25-16-7-12-21(25)26/h3,30-31H,1,4-16H2,2H3/q-1. The molecule has 0 heterocycles. The molecule has 2 aromatic rings. The number of hydrogen-bond donors (Lipinski definition) is 2. The van der Waals surface area contributed by atoms with E-state index in [1.807, 2.05) is 0 Å². The van der Waals surface area contributed by atoms with Gasteiger partial charge in [-0.3, -0.25) is 0 Å². The summed E-state index contributed by atoms with van der Waals surface area (Å²) in [6.45, 7) is 4.07. The summed E-state index contributed by atoms with van der Waals surface area (Å²) in [6.07, 6.45) is 18.8. The maximum absolute atomic E-state index is 4.19. The first-order valence-corrected chi connectivity index (χ1v) is 14.5. The van der Waals surface area contributed by atoms with Gasteiger partial charge in [0.15, 0.2) is 0 Å². The van der Waals surface area contributed by atoms with Gasteiger partial charge in [0.1, 0.15) is 0 Å². The van der Waals surface area contributed by atoms with Gasteiger partial charge in [-0.25, -0.2) is 0 Å². The van der Waals surface area contributed by atoms with Gasteiger partial charge in [0.2, 0.25) is 0 Å². The van der Waals surface area contributed by atoms with E-state index >= 15 is 0 Å². The number of anilines is 2. The van der Waals surface area contributed by atoms with Crippen LogP contribution in [0, 0.1) is 3.57 Å². The Labute approximate surface area is 197 Å². The predicted octanol–water partition coefficient (Wildman–Crippen LogP) is 2.70. The van der Waals surface area contributed by atoms with E-state index in [-0.39, 0.29) is 21.5 Å². The predicted molar refractivity (Wildman–Crippen MR) is 127 cm³/mol. The molecule has 0 saturated heterocycles. The monoisotopic (exact) mass is 525 g/mol. The fourth-order valence-corrected chi connectivity index (χ4v) is 10.0. The Morgan fingerprint density at radius 3 is 1.61 bits per heavy atom. The van der Waals surface area contributed by atoms with Crippen molar-refractivity contribution in [3.8, 4) is 0 Å². The van der Waals surface area contributed by atoms with E-state index < -0.39 is 0 Å². The quantitative estimate of drug-likeness (QED) is 0.345. The van der Waals surface area contributed by atoms with Gasteiger partial charge in [0, 0.05) is 0 Å². The molecular formula is C28H34IN2-. The van der Waals surface area contributed by atoms with E-state index in [1.165, 1.54) is 82.7 Å². The molecule has 0 spiro atoms. The van der Waals surface area contributed by atoms with Crippen LogP contribution in [0.25, 0.3) is 0 Å². The van der Waals surface area contributed by atoms with Gasteiger partial charge in [-0.2, -0.15) is 0 Å². The van der Waals surface area contributed by atoms with Crippen molar-refractivity contribution in [2.45, 2.75) is 83.5 Å². The van der Waals surface area contributed by atoms with E-state index in [0.717, 1.165) is 6.42 Å². The average Bonchev–Trinajstić information content (AvgIpc) is 3.58. The molecule has 0 aromatic heterocycles. The molecule has 0 fully saturated rings. The third kappa shape index (κ3) is 3.09. The third-order valence-corrected chi connectivity index (χ3v) is 10.8. The molecule has 6 rings (SSSR count). The summed E-state index contributed by atoms with van der Waals surface area (Å²) >= 11 is -0.211. The minimum absolute atomic E-state index is 0.211. The molecule has 0 aliphatic heterocycles. The first-order valence-electron chi connectivity index (χ1n) is 12.4. The fourth-order valence-electron chi connectivity index (χ4n) is 6.97. The number of nitrogens with one attached hydrogen (secondary N) is 2. The van der Waals surface area contributed by atoms with Gasteiger partial charge in [-0.1, -0.05) is 0 Å². The molecule has 0 amide bonds. The van der Waals surface area contributed by atoms with Crippen LogP contribution in [-0.2, 0) is 57.8 Å². The molecule has 4 aliphatic carbocycles. The molecule has 3 heteroatoms. The number of fused-ring (bicyclic) bond motifs is 4. The van der Waals surface area contributed by atoms with E-state index in [0.29, 0.717) is 0 Å². The Morgan fingerprint density at radius 2 is 1.13 bits per heavy atom. The zero-order valence-corrected chi connectivity index (χ0v) is 21.0. The van der Waals surface area contributed by atoms with Crippen LogP contribution < -0.4 is 30.3 Å². The summed E-state index contributed by atoms with van der Waals surface area (Å²) in [4.78, 5) is 0. The molecule has 0 bridgehead atoms. The summed E-state index contributed by atoms with van der Waals surface area (Å²) in [6, 6.07) is 0. The summed E-state index contributed by atoms with van der Waals surface area (Å²) in [5.74, 6) is 0. The summed E-state index contributed by atoms with van der Waals surface area (Å²) in [7, 11) is 2.14. The van der Waals surface area contributed by atoms with Crippen molar-refractivity contribution < 1.29 is 21.5 Å². The third-order valence-electron chi connectivity index (χ3n) is 8.17. The van der Waals surface area contributed by atoms with Crippen LogP contribution in [-0.4, -0.2) is 7.05 Å². The Balaban J connectivity index is 1.42. The molecule has 2 aromatic carbocycles. The summed E-state index contributed by atoms with van der Waals surface area (Å²) < 4.78 is 5.96. The Morgan fingerprint density at radius 1 is 0.677 bits per heavy atom. The van der Waals surface area contributed by atoms with E-state index in [1.54, 1.807) is 59.3 Å². The van der Waals surface area contributed by atoms with Crippen molar-refractivity contribution in [3.63, 3.8) is 0 Å². The fraction of sp³-hybridized carbons (Fsp3) is 0.500. The Bertz CT molecular complexity index is 1010. The van der Waals surface area contributed by atoms with Crippen LogP contribution in [0.2, 0.25) is 0 Å². The molecule has 4 aliphatic rings. The second kappa shape index (κ2) is 8.13. The van der Waals surface area contributed by atoms with Gasteiger partial charge < -0.3 is 0 Å². The number of benzene rings is 2. The van der Waals surface area contributed by atoms with E-state index in [9.17, 15) is 0 Å². The topological polar surface area (TPSA) is 24.1 Å². The van der Waals surface area contributed by atoms with Crippen LogP contribution in [0.3, 0.4) is 0 Å². The van der Waals surface area contributed by atoms with Gasteiger partial charge in [0.25, 0.3) is 0 Å². The molecule has 0 radical (unpaired) electrons. The SMILES string of the molecule is C=CCc1c2c(c(N[I-]c3c4c(c(NC)c5c3CCC5)CCC4)c3c1CCC3)CCC2. The van der Waals surface area contributed by atoms with Crippen molar-refractivity contribution in [3.05, 3.63) is 66.3 Å². The molecule has 2 N–H and O–H groups in total. The number of hydrogen-bond acceptors (Lipinski definition) is 2. The van der Waals surface area contributed by atoms with Crippen molar-refractivity contribution >= 4 is 11.4 Å². The molecule has 0 saturated carbocycles. The zero-order valence-electron chi connectivity index (χ0n) is 18.9. The summed E-state index contributed by atoms with van der Waals surface area (Å²) in [5.41, 5.74) is 18.2. The normalized spacial score (nSPS) is 18.1. The zero-order chi connectivity index (χ0) is 20.9.